The molecule has 4 nitrogen and oxygen atoms in total. The third kappa shape index (κ3) is 4.09. The maximum absolute atomic E-state index is 6.38. The molecule has 112 valence electrons. The maximum Gasteiger partial charge on any atom is 0.0676 e. The summed E-state index contributed by atoms with van der Waals surface area (Å²) in [5.74, 6) is 0. The number of aromatic nitrogens is 2. The van der Waals surface area contributed by atoms with Gasteiger partial charge < -0.3 is 5.73 Å². The molecule has 0 aliphatic rings. The minimum Gasteiger partial charge on any atom is -0.326 e. The van der Waals surface area contributed by atoms with E-state index in [0.29, 0.717) is 0 Å². The minimum absolute atomic E-state index is 0.0589. The van der Waals surface area contributed by atoms with Gasteiger partial charge in [0, 0.05) is 25.0 Å². The summed E-state index contributed by atoms with van der Waals surface area (Å²) >= 11 is 0. The van der Waals surface area contributed by atoms with Gasteiger partial charge in [-0.1, -0.05) is 26.0 Å². The molecule has 21 heavy (non-hydrogen) atoms. The largest absolute Gasteiger partial charge is 0.326 e. The molecule has 0 radical (unpaired) electrons. The Morgan fingerprint density at radius 2 is 1.76 bits per heavy atom. The van der Waals surface area contributed by atoms with Crippen molar-refractivity contribution in [3.8, 4) is 0 Å². The van der Waals surface area contributed by atoms with Crippen molar-refractivity contribution in [3.63, 3.8) is 0 Å². The van der Waals surface area contributed by atoms with E-state index in [1.54, 1.807) is 0 Å². The second-order valence-electron chi connectivity index (χ2n) is 5.16. The van der Waals surface area contributed by atoms with Gasteiger partial charge in [-0.3, -0.25) is 14.9 Å². The van der Waals surface area contributed by atoms with Gasteiger partial charge in [0.1, 0.15) is 0 Å². The lowest BCUT2D eigenvalue weighted by Gasteiger charge is -2.34. The van der Waals surface area contributed by atoms with E-state index < -0.39 is 0 Å². The highest BCUT2D eigenvalue weighted by Crippen LogP contribution is 2.24. The predicted octanol–water partition coefficient (Wildman–Crippen LogP) is 2.78. The van der Waals surface area contributed by atoms with Gasteiger partial charge in [-0.25, -0.2) is 0 Å². The molecule has 0 spiro atoms. The highest BCUT2D eigenvalue weighted by atomic mass is 15.2. The van der Waals surface area contributed by atoms with Crippen LogP contribution >= 0.6 is 0 Å². The summed E-state index contributed by atoms with van der Waals surface area (Å²) in [6.45, 7) is 5.97. The lowest BCUT2D eigenvalue weighted by Crippen LogP contribution is -2.41. The maximum atomic E-state index is 6.38. The number of nitrogens with two attached hydrogens (primary N) is 1. The van der Waals surface area contributed by atoms with Crippen molar-refractivity contribution in [3.05, 3.63) is 60.2 Å². The van der Waals surface area contributed by atoms with Gasteiger partial charge in [0.05, 0.1) is 17.4 Å². The van der Waals surface area contributed by atoms with Gasteiger partial charge in [0.2, 0.25) is 0 Å². The van der Waals surface area contributed by atoms with E-state index in [1.807, 2.05) is 36.7 Å². The van der Waals surface area contributed by atoms with E-state index in [-0.39, 0.29) is 12.1 Å². The van der Waals surface area contributed by atoms with Crippen molar-refractivity contribution in [2.75, 3.05) is 6.54 Å². The average Bonchev–Trinajstić information content (AvgIpc) is 2.56. The van der Waals surface area contributed by atoms with Crippen LogP contribution in [0.25, 0.3) is 0 Å². The van der Waals surface area contributed by atoms with Crippen LogP contribution in [0.15, 0.2) is 48.8 Å². The molecule has 0 aliphatic heterocycles. The van der Waals surface area contributed by atoms with E-state index in [4.69, 9.17) is 5.73 Å². The molecule has 0 bridgehead atoms. The number of likely N-dealkylation sites (N-methyl/N-ethyl adjacent to an activating group) is 1. The van der Waals surface area contributed by atoms with E-state index >= 15 is 0 Å². The molecule has 0 fully saturated rings. The van der Waals surface area contributed by atoms with Crippen LogP contribution in [0.4, 0.5) is 0 Å². The standard InChI is InChI=1S/C17H24N4/c1-3-15(18)17(16-10-6-8-12-20-16)21(4-2)13-14-9-5-7-11-19-14/h5-12,15,17H,3-4,13,18H2,1-2H3. The highest BCUT2D eigenvalue weighted by Gasteiger charge is 2.26. The Hall–Kier alpha value is -1.78. The normalized spacial score (nSPS) is 14.1. The number of rotatable bonds is 7. The van der Waals surface area contributed by atoms with Crippen molar-refractivity contribution in [2.45, 2.75) is 38.9 Å². The monoisotopic (exact) mass is 284 g/mol. The van der Waals surface area contributed by atoms with Crippen molar-refractivity contribution >= 4 is 0 Å². The van der Waals surface area contributed by atoms with E-state index in [1.165, 1.54) is 0 Å². The van der Waals surface area contributed by atoms with Gasteiger partial charge in [-0.15, -0.1) is 0 Å². The molecule has 0 saturated heterocycles. The SMILES string of the molecule is CCC(N)C(c1ccccn1)N(CC)Cc1ccccn1. The highest BCUT2D eigenvalue weighted by molar-refractivity contribution is 5.13. The molecule has 2 N–H and O–H groups in total. The number of hydrogen-bond donors (Lipinski definition) is 1. The molecule has 2 aromatic heterocycles. The van der Waals surface area contributed by atoms with Crippen LogP contribution < -0.4 is 5.73 Å². The van der Waals surface area contributed by atoms with Crippen LogP contribution in [0.2, 0.25) is 0 Å². The molecular weight excluding hydrogens is 260 g/mol. The van der Waals surface area contributed by atoms with Crippen molar-refractivity contribution in [1.29, 1.82) is 0 Å². The van der Waals surface area contributed by atoms with Gasteiger partial charge in [-0.05, 0) is 37.2 Å². The molecule has 0 amide bonds. The Balaban J connectivity index is 2.25. The van der Waals surface area contributed by atoms with Gasteiger partial charge >= 0.3 is 0 Å². The fraction of sp³-hybridized carbons (Fsp3) is 0.412. The van der Waals surface area contributed by atoms with Gasteiger partial charge in [0.15, 0.2) is 0 Å². The summed E-state index contributed by atoms with van der Waals surface area (Å²) in [7, 11) is 0. The van der Waals surface area contributed by atoms with Crippen LogP contribution in [-0.2, 0) is 6.54 Å². The molecule has 4 heteroatoms. The molecular formula is C17H24N4. The smallest absolute Gasteiger partial charge is 0.0676 e. The van der Waals surface area contributed by atoms with Crippen LogP contribution in [0, 0.1) is 0 Å². The van der Waals surface area contributed by atoms with Gasteiger partial charge in [-0.2, -0.15) is 0 Å². The average molecular weight is 284 g/mol. The van der Waals surface area contributed by atoms with Crippen molar-refractivity contribution in [2.24, 2.45) is 5.73 Å². The minimum atomic E-state index is 0.0589. The summed E-state index contributed by atoms with van der Waals surface area (Å²) < 4.78 is 0. The summed E-state index contributed by atoms with van der Waals surface area (Å²) in [4.78, 5) is 11.3. The molecule has 2 atom stereocenters. The summed E-state index contributed by atoms with van der Waals surface area (Å²) in [5, 5.41) is 0. The Morgan fingerprint density at radius 1 is 1.05 bits per heavy atom. The molecule has 2 unspecified atom stereocenters. The third-order valence-corrected chi connectivity index (χ3v) is 3.76. The van der Waals surface area contributed by atoms with Crippen LogP contribution in [0.1, 0.15) is 37.7 Å². The van der Waals surface area contributed by atoms with Crippen LogP contribution in [0.3, 0.4) is 0 Å². The molecule has 2 rings (SSSR count). The summed E-state index contributed by atoms with van der Waals surface area (Å²) in [6.07, 6.45) is 4.58. The second kappa shape index (κ2) is 7.86. The predicted molar refractivity (Wildman–Crippen MR) is 85.6 cm³/mol. The lowest BCUT2D eigenvalue weighted by atomic mass is 10.00. The Bertz CT molecular complexity index is 515. The summed E-state index contributed by atoms with van der Waals surface area (Å²) in [6, 6.07) is 12.2. The molecule has 0 saturated carbocycles. The van der Waals surface area contributed by atoms with E-state index in [9.17, 15) is 0 Å². The molecule has 0 aliphatic carbocycles. The zero-order valence-corrected chi connectivity index (χ0v) is 12.8. The van der Waals surface area contributed by atoms with Crippen molar-refractivity contribution in [1.82, 2.24) is 14.9 Å². The quantitative estimate of drug-likeness (QED) is 0.849. The first kappa shape index (κ1) is 15.6. The zero-order chi connectivity index (χ0) is 15.1. The Labute approximate surface area is 127 Å². The van der Waals surface area contributed by atoms with E-state index in [0.717, 1.165) is 30.9 Å². The lowest BCUT2D eigenvalue weighted by molar-refractivity contribution is 0.164. The number of hydrogen-bond acceptors (Lipinski definition) is 4. The first-order chi connectivity index (χ1) is 10.3. The molecule has 2 aromatic rings. The third-order valence-electron chi connectivity index (χ3n) is 3.76. The topological polar surface area (TPSA) is 55.0 Å². The Kier molecular flexibility index (Phi) is 5.84. The second-order valence-corrected chi connectivity index (χ2v) is 5.16. The first-order valence-electron chi connectivity index (χ1n) is 7.56. The molecule has 0 aromatic carbocycles. The van der Waals surface area contributed by atoms with E-state index in [2.05, 4.69) is 40.8 Å². The fourth-order valence-electron chi connectivity index (χ4n) is 2.56. The number of nitrogens with zero attached hydrogens (tertiary/aromatic N) is 3. The first-order valence-corrected chi connectivity index (χ1v) is 7.56. The fourth-order valence-corrected chi connectivity index (χ4v) is 2.56. The summed E-state index contributed by atoms with van der Waals surface area (Å²) in [5.41, 5.74) is 8.47. The molecule has 2 heterocycles. The van der Waals surface area contributed by atoms with Crippen molar-refractivity contribution < 1.29 is 0 Å². The van der Waals surface area contributed by atoms with Crippen LogP contribution in [0.5, 0.6) is 0 Å². The van der Waals surface area contributed by atoms with Crippen LogP contribution in [-0.4, -0.2) is 27.5 Å². The number of pyridine rings is 2. The zero-order valence-electron chi connectivity index (χ0n) is 12.8. The van der Waals surface area contributed by atoms with Gasteiger partial charge in [0.25, 0.3) is 0 Å². The Morgan fingerprint density at radius 3 is 2.29 bits per heavy atom.